The minimum Gasteiger partial charge on any atom is -0.497 e. The molecule has 7 heteroatoms. The zero-order valence-corrected chi connectivity index (χ0v) is 11.2. The number of benzene rings is 1. The van der Waals surface area contributed by atoms with Gasteiger partial charge in [-0.25, -0.2) is 0 Å². The van der Waals surface area contributed by atoms with Gasteiger partial charge in [-0.3, -0.25) is 9.59 Å². The highest BCUT2D eigenvalue weighted by Crippen LogP contribution is 2.29. The zero-order valence-electron chi connectivity index (χ0n) is 11.2. The average molecular weight is 289 g/mol. The molecular weight excluding hydrogens is 275 g/mol. The van der Waals surface area contributed by atoms with Crippen LogP contribution in [0.15, 0.2) is 18.2 Å². The Labute approximate surface area is 113 Å². The van der Waals surface area contributed by atoms with E-state index in [0.29, 0.717) is 11.3 Å². The van der Waals surface area contributed by atoms with Gasteiger partial charge in [0.05, 0.1) is 7.11 Å². The van der Waals surface area contributed by atoms with Crippen molar-refractivity contribution in [3.63, 3.8) is 0 Å². The Bertz CT molecular complexity index is 526. The third-order valence-electron chi connectivity index (χ3n) is 2.69. The minimum absolute atomic E-state index is 0.200. The number of ether oxygens (including phenoxy) is 1. The summed E-state index contributed by atoms with van der Waals surface area (Å²) in [7, 11) is 1.45. The minimum atomic E-state index is -4.91. The Morgan fingerprint density at radius 2 is 1.90 bits per heavy atom. The van der Waals surface area contributed by atoms with Crippen LogP contribution in [-0.2, 0) is 9.59 Å². The Balaban J connectivity index is 2.97. The fraction of sp³-hybridized carbons (Fsp3) is 0.385. The summed E-state index contributed by atoms with van der Waals surface area (Å²) in [5, 5.41) is 2.11. The Morgan fingerprint density at radius 1 is 1.30 bits per heavy atom. The van der Waals surface area contributed by atoms with Gasteiger partial charge >= 0.3 is 6.18 Å². The molecule has 0 aromatic heterocycles. The number of ketones is 1. The first-order valence-electron chi connectivity index (χ1n) is 5.69. The lowest BCUT2D eigenvalue weighted by Crippen LogP contribution is -2.39. The molecule has 0 radical (unpaired) electrons. The van der Waals surface area contributed by atoms with Gasteiger partial charge in [-0.2, -0.15) is 13.2 Å². The van der Waals surface area contributed by atoms with E-state index < -0.39 is 23.8 Å². The molecule has 0 heterocycles. The predicted octanol–water partition coefficient (Wildman–Crippen LogP) is 2.71. The van der Waals surface area contributed by atoms with Crippen LogP contribution in [0.1, 0.15) is 12.5 Å². The van der Waals surface area contributed by atoms with Gasteiger partial charge in [0, 0.05) is 5.69 Å². The molecular formula is C13H14F3NO3. The van der Waals surface area contributed by atoms with Crippen molar-refractivity contribution in [3.8, 4) is 5.75 Å². The number of carbonyl (C=O) groups is 2. The zero-order chi connectivity index (χ0) is 15.5. The summed E-state index contributed by atoms with van der Waals surface area (Å²) in [6, 6.07) is 4.48. The van der Waals surface area contributed by atoms with E-state index in [-0.39, 0.29) is 5.69 Å². The second-order valence-corrected chi connectivity index (χ2v) is 4.26. The molecule has 1 amide bonds. The monoisotopic (exact) mass is 289 g/mol. The van der Waals surface area contributed by atoms with Gasteiger partial charge in [0.2, 0.25) is 5.91 Å². The van der Waals surface area contributed by atoms with Crippen LogP contribution < -0.4 is 10.1 Å². The number of nitrogens with one attached hydrogen (secondary N) is 1. The number of methoxy groups -OCH3 is 1. The number of halogens is 3. The van der Waals surface area contributed by atoms with E-state index in [1.807, 2.05) is 0 Å². The molecule has 1 aromatic carbocycles. The fourth-order valence-electron chi connectivity index (χ4n) is 1.67. The largest absolute Gasteiger partial charge is 0.497 e. The molecule has 0 spiro atoms. The lowest BCUT2D eigenvalue weighted by molar-refractivity contribution is -0.182. The molecule has 0 saturated carbocycles. The third kappa shape index (κ3) is 3.72. The highest BCUT2D eigenvalue weighted by molar-refractivity contribution is 6.07. The van der Waals surface area contributed by atoms with Crippen LogP contribution in [-0.4, -0.2) is 25.0 Å². The number of carbonyl (C=O) groups excluding carboxylic acids is 2. The van der Waals surface area contributed by atoms with Crippen LogP contribution >= 0.6 is 0 Å². The van der Waals surface area contributed by atoms with Crippen molar-refractivity contribution >= 4 is 17.4 Å². The quantitative estimate of drug-likeness (QED) is 0.867. The number of amides is 1. The Morgan fingerprint density at radius 3 is 2.30 bits per heavy atom. The summed E-state index contributed by atoms with van der Waals surface area (Å²) in [6.07, 6.45) is -4.91. The molecule has 4 nitrogen and oxygen atoms in total. The summed E-state index contributed by atoms with van der Waals surface area (Å²) in [5.41, 5.74) is 0.730. The molecule has 20 heavy (non-hydrogen) atoms. The summed E-state index contributed by atoms with van der Waals surface area (Å²) < 4.78 is 42.9. The van der Waals surface area contributed by atoms with Crippen molar-refractivity contribution < 1.29 is 27.5 Å². The van der Waals surface area contributed by atoms with Gasteiger partial charge in [-0.05, 0) is 37.6 Å². The van der Waals surface area contributed by atoms with Crippen molar-refractivity contribution in [3.05, 3.63) is 23.8 Å². The number of alkyl halides is 3. The molecule has 0 saturated heterocycles. The van der Waals surface area contributed by atoms with E-state index in [9.17, 15) is 22.8 Å². The van der Waals surface area contributed by atoms with E-state index in [2.05, 4.69) is 5.32 Å². The topological polar surface area (TPSA) is 55.4 Å². The maximum Gasteiger partial charge on any atom is 0.407 e. The molecule has 110 valence electrons. The number of aryl methyl sites for hydroxylation is 1. The first-order valence-corrected chi connectivity index (χ1v) is 5.69. The standard InChI is InChI=1S/C13H14F3NO3/c1-7-6-9(20-3)4-5-10(7)17-12(19)11(8(2)18)13(14,15)16/h4-6,11H,1-3H3,(H,17,19). The van der Waals surface area contributed by atoms with Crippen molar-refractivity contribution in [2.24, 2.45) is 5.92 Å². The summed E-state index contributed by atoms with van der Waals surface area (Å²) in [6.45, 7) is 2.34. The van der Waals surface area contributed by atoms with Crippen molar-refractivity contribution in [2.75, 3.05) is 12.4 Å². The van der Waals surface area contributed by atoms with Crippen molar-refractivity contribution in [2.45, 2.75) is 20.0 Å². The first kappa shape index (κ1) is 16.0. The van der Waals surface area contributed by atoms with Gasteiger partial charge in [0.15, 0.2) is 11.7 Å². The SMILES string of the molecule is COc1ccc(NC(=O)C(C(C)=O)C(F)(F)F)c(C)c1. The van der Waals surface area contributed by atoms with Crippen LogP contribution in [0.5, 0.6) is 5.75 Å². The highest BCUT2D eigenvalue weighted by atomic mass is 19.4. The van der Waals surface area contributed by atoms with E-state index in [0.717, 1.165) is 6.92 Å². The fourth-order valence-corrected chi connectivity index (χ4v) is 1.67. The van der Waals surface area contributed by atoms with E-state index in [1.165, 1.54) is 19.2 Å². The summed E-state index contributed by atoms with van der Waals surface area (Å²) >= 11 is 0. The molecule has 0 fully saturated rings. The van der Waals surface area contributed by atoms with Gasteiger partial charge in [-0.1, -0.05) is 0 Å². The molecule has 1 atom stereocenters. The molecule has 1 unspecified atom stereocenters. The molecule has 0 aliphatic carbocycles. The number of hydrogen-bond donors (Lipinski definition) is 1. The van der Waals surface area contributed by atoms with Gasteiger partial charge in [0.25, 0.3) is 0 Å². The van der Waals surface area contributed by atoms with Crippen molar-refractivity contribution in [1.29, 1.82) is 0 Å². The second kappa shape index (κ2) is 5.94. The highest BCUT2D eigenvalue weighted by Gasteiger charge is 2.48. The first-order chi connectivity index (χ1) is 9.16. The van der Waals surface area contributed by atoms with Gasteiger partial charge in [0.1, 0.15) is 5.75 Å². The Kier molecular flexibility index (Phi) is 4.75. The second-order valence-electron chi connectivity index (χ2n) is 4.26. The van der Waals surface area contributed by atoms with Crippen LogP contribution in [0.3, 0.4) is 0 Å². The van der Waals surface area contributed by atoms with Crippen LogP contribution in [0, 0.1) is 12.8 Å². The maximum atomic E-state index is 12.6. The molecule has 0 aliphatic heterocycles. The van der Waals surface area contributed by atoms with E-state index in [1.54, 1.807) is 13.0 Å². The Hall–Kier alpha value is -2.05. The molecule has 1 rings (SSSR count). The van der Waals surface area contributed by atoms with Gasteiger partial charge < -0.3 is 10.1 Å². The number of rotatable bonds is 4. The normalized spacial score (nSPS) is 12.7. The molecule has 0 aliphatic rings. The van der Waals surface area contributed by atoms with E-state index in [4.69, 9.17) is 4.74 Å². The number of hydrogen-bond acceptors (Lipinski definition) is 3. The van der Waals surface area contributed by atoms with E-state index >= 15 is 0 Å². The molecule has 1 aromatic rings. The smallest absolute Gasteiger partial charge is 0.407 e. The average Bonchev–Trinajstić information content (AvgIpc) is 2.29. The number of Topliss-reactive ketones (excluding diaryl/α,β-unsaturated/α-hetero) is 1. The lowest BCUT2D eigenvalue weighted by atomic mass is 10.0. The maximum absolute atomic E-state index is 12.6. The van der Waals surface area contributed by atoms with Crippen LogP contribution in [0.2, 0.25) is 0 Å². The van der Waals surface area contributed by atoms with Crippen molar-refractivity contribution in [1.82, 2.24) is 0 Å². The third-order valence-corrected chi connectivity index (χ3v) is 2.69. The summed E-state index contributed by atoms with van der Waals surface area (Å²) in [4.78, 5) is 22.6. The lowest BCUT2D eigenvalue weighted by Gasteiger charge is -2.18. The van der Waals surface area contributed by atoms with Crippen LogP contribution in [0.25, 0.3) is 0 Å². The van der Waals surface area contributed by atoms with Crippen LogP contribution in [0.4, 0.5) is 18.9 Å². The van der Waals surface area contributed by atoms with Gasteiger partial charge in [-0.15, -0.1) is 0 Å². The molecule has 1 N–H and O–H groups in total. The molecule has 0 bridgehead atoms. The summed E-state index contributed by atoms with van der Waals surface area (Å²) in [5.74, 6) is -4.79. The number of anilines is 1. The predicted molar refractivity (Wildman–Crippen MR) is 66.6 cm³/mol.